The SMILES string of the molecule is Cc1ccc(S(=O)(=O)[O-])c(N=O)c1.[Na+]. The zero-order chi connectivity index (χ0) is 10.1. The summed E-state index contributed by atoms with van der Waals surface area (Å²) in [7, 11) is -4.61. The molecule has 0 aromatic heterocycles. The van der Waals surface area contributed by atoms with Crippen molar-refractivity contribution < 1.29 is 42.5 Å². The Morgan fingerprint density at radius 3 is 2.36 bits per heavy atom. The van der Waals surface area contributed by atoms with E-state index < -0.39 is 15.0 Å². The van der Waals surface area contributed by atoms with E-state index in [1.165, 1.54) is 12.1 Å². The quantitative estimate of drug-likeness (QED) is 0.340. The van der Waals surface area contributed by atoms with E-state index in [1.807, 2.05) is 0 Å². The molecule has 1 aromatic carbocycles. The molecule has 0 N–H and O–H groups in total. The van der Waals surface area contributed by atoms with Crippen LogP contribution in [-0.4, -0.2) is 13.0 Å². The number of benzene rings is 1. The van der Waals surface area contributed by atoms with E-state index in [0.29, 0.717) is 5.56 Å². The summed E-state index contributed by atoms with van der Waals surface area (Å²) in [6.07, 6.45) is 0. The Kier molecular flexibility index (Phi) is 4.90. The van der Waals surface area contributed by atoms with Crippen LogP contribution in [0.5, 0.6) is 0 Å². The molecule has 14 heavy (non-hydrogen) atoms. The molecule has 0 aliphatic rings. The summed E-state index contributed by atoms with van der Waals surface area (Å²) >= 11 is 0. The van der Waals surface area contributed by atoms with Gasteiger partial charge in [0.25, 0.3) is 0 Å². The smallest absolute Gasteiger partial charge is 0.744 e. The van der Waals surface area contributed by atoms with Crippen LogP contribution in [0.2, 0.25) is 0 Å². The molecule has 0 radical (unpaired) electrons. The molecule has 7 heteroatoms. The summed E-state index contributed by atoms with van der Waals surface area (Å²) in [5.41, 5.74) is 0.331. The van der Waals surface area contributed by atoms with Gasteiger partial charge in [0.2, 0.25) is 0 Å². The minimum absolute atomic E-state index is 0. The first-order valence-electron chi connectivity index (χ1n) is 3.35. The van der Waals surface area contributed by atoms with Gasteiger partial charge in [0.1, 0.15) is 15.8 Å². The van der Waals surface area contributed by atoms with Crippen molar-refractivity contribution in [3.63, 3.8) is 0 Å². The zero-order valence-corrected chi connectivity index (χ0v) is 10.5. The topological polar surface area (TPSA) is 86.6 Å². The van der Waals surface area contributed by atoms with Crippen molar-refractivity contribution >= 4 is 15.8 Å². The number of aryl methyl sites for hydroxylation is 1. The molecule has 1 aromatic rings. The fourth-order valence-electron chi connectivity index (χ4n) is 0.910. The summed E-state index contributed by atoms with van der Waals surface area (Å²) in [6, 6.07) is 3.76. The second-order valence-corrected chi connectivity index (χ2v) is 3.86. The van der Waals surface area contributed by atoms with Crippen molar-refractivity contribution in [3.05, 3.63) is 28.7 Å². The van der Waals surface area contributed by atoms with Gasteiger partial charge in [-0.05, 0) is 29.8 Å². The van der Waals surface area contributed by atoms with Gasteiger partial charge in [-0.15, -0.1) is 4.91 Å². The van der Waals surface area contributed by atoms with Crippen LogP contribution in [0, 0.1) is 11.8 Å². The molecule has 0 aliphatic heterocycles. The number of hydrogen-bond acceptors (Lipinski definition) is 5. The van der Waals surface area contributed by atoms with Crippen LogP contribution in [0.4, 0.5) is 5.69 Å². The summed E-state index contributed by atoms with van der Waals surface area (Å²) in [6.45, 7) is 1.66. The van der Waals surface area contributed by atoms with Crippen LogP contribution in [0.3, 0.4) is 0 Å². The standard InChI is InChI=1S/C7H7NO4S.Na/c1-5-2-3-7(13(10,11)12)6(4-5)8-9;/h2-4H,1H3,(H,10,11,12);/q;+1/p-1. The molecule has 5 nitrogen and oxygen atoms in total. The van der Waals surface area contributed by atoms with E-state index in [9.17, 15) is 17.9 Å². The molecule has 0 saturated heterocycles. The van der Waals surface area contributed by atoms with Gasteiger partial charge in [0, 0.05) is 0 Å². The summed E-state index contributed by atoms with van der Waals surface area (Å²) in [5, 5.41) is 2.47. The van der Waals surface area contributed by atoms with Crippen LogP contribution >= 0.6 is 0 Å². The van der Waals surface area contributed by atoms with E-state index in [-0.39, 0.29) is 35.2 Å². The molecule has 0 aliphatic carbocycles. The molecule has 0 saturated carbocycles. The summed E-state index contributed by atoms with van der Waals surface area (Å²) in [4.78, 5) is 9.60. The van der Waals surface area contributed by atoms with Crippen molar-refractivity contribution in [1.29, 1.82) is 0 Å². The van der Waals surface area contributed by atoms with E-state index in [2.05, 4.69) is 5.18 Å². The maximum absolute atomic E-state index is 10.6. The van der Waals surface area contributed by atoms with Gasteiger partial charge in [0.15, 0.2) is 0 Å². The van der Waals surface area contributed by atoms with Gasteiger partial charge < -0.3 is 4.55 Å². The summed E-state index contributed by atoms with van der Waals surface area (Å²) < 4.78 is 31.7. The van der Waals surface area contributed by atoms with Gasteiger partial charge in [-0.1, -0.05) is 6.07 Å². The molecule has 0 heterocycles. The molecular formula is C7H6NNaO4S. The maximum atomic E-state index is 10.6. The van der Waals surface area contributed by atoms with Crippen LogP contribution in [0.25, 0.3) is 0 Å². The van der Waals surface area contributed by atoms with Crippen molar-refractivity contribution in [3.8, 4) is 0 Å². The molecule has 0 unspecified atom stereocenters. The van der Waals surface area contributed by atoms with E-state index in [4.69, 9.17) is 0 Å². The minimum atomic E-state index is -4.61. The van der Waals surface area contributed by atoms with Gasteiger partial charge in [-0.3, -0.25) is 0 Å². The predicted molar refractivity (Wildman–Crippen MR) is 44.6 cm³/mol. The third kappa shape index (κ3) is 3.14. The molecule has 0 atom stereocenters. The van der Waals surface area contributed by atoms with Gasteiger partial charge in [0.05, 0.1) is 4.90 Å². The van der Waals surface area contributed by atoms with Crippen LogP contribution in [0.15, 0.2) is 28.3 Å². The van der Waals surface area contributed by atoms with Crippen molar-refractivity contribution in [2.45, 2.75) is 11.8 Å². The molecule has 1 rings (SSSR count). The average Bonchev–Trinajstić information content (AvgIpc) is 2.01. The maximum Gasteiger partial charge on any atom is 1.00 e. The Hall–Kier alpha value is -0.270. The van der Waals surface area contributed by atoms with Crippen molar-refractivity contribution in [2.24, 2.45) is 5.18 Å². The Balaban J connectivity index is 0.00000169. The van der Waals surface area contributed by atoms with Crippen molar-refractivity contribution in [2.75, 3.05) is 0 Å². The van der Waals surface area contributed by atoms with E-state index in [1.54, 1.807) is 6.92 Å². The van der Waals surface area contributed by atoms with Gasteiger partial charge in [-0.25, -0.2) is 8.42 Å². The van der Waals surface area contributed by atoms with Crippen LogP contribution in [0.1, 0.15) is 5.56 Å². The second kappa shape index (κ2) is 4.99. The van der Waals surface area contributed by atoms with Crippen LogP contribution in [-0.2, 0) is 10.1 Å². The molecule has 0 bridgehead atoms. The average molecular weight is 223 g/mol. The summed E-state index contributed by atoms with van der Waals surface area (Å²) in [5.74, 6) is 0. The molecule has 0 fully saturated rings. The third-order valence-corrected chi connectivity index (χ3v) is 2.37. The Morgan fingerprint density at radius 1 is 1.36 bits per heavy atom. The monoisotopic (exact) mass is 223 g/mol. The van der Waals surface area contributed by atoms with Crippen molar-refractivity contribution in [1.82, 2.24) is 0 Å². The fraction of sp³-hybridized carbons (Fsp3) is 0.143. The molecule has 0 amide bonds. The van der Waals surface area contributed by atoms with E-state index >= 15 is 0 Å². The first-order chi connectivity index (χ1) is 5.95. The predicted octanol–water partition coefficient (Wildman–Crippen LogP) is -1.70. The fourth-order valence-corrected chi connectivity index (χ4v) is 1.50. The molecular weight excluding hydrogens is 217 g/mol. The Bertz CT molecular complexity index is 443. The van der Waals surface area contributed by atoms with E-state index in [0.717, 1.165) is 6.07 Å². The molecule has 0 spiro atoms. The normalized spacial score (nSPS) is 10.4. The Morgan fingerprint density at radius 2 is 1.93 bits per heavy atom. The molecule has 70 valence electrons. The van der Waals surface area contributed by atoms with Crippen LogP contribution < -0.4 is 29.6 Å². The van der Waals surface area contributed by atoms with Gasteiger partial charge >= 0.3 is 29.6 Å². The number of hydrogen-bond donors (Lipinski definition) is 0. The first-order valence-corrected chi connectivity index (χ1v) is 4.76. The van der Waals surface area contributed by atoms with Gasteiger partial charge in [-0.2, -0.15) is 0 Å². The number of rotatable bonds is 2. The Labute approximate surface area is 104 Å². The number of nitroso groups, excluding NO2 is 1. The number of nitrogens with zero attached hydrogens (tertiary/aromatic N) is 1. The minimum Gasteiger partial charge on any atom is -0.744 e. The third-order valence-electron chi connectivity index (χ3n) is 1.48. The largest absolute Gasteiger partial charge is 1.00 e. The second-order valence-electron chi connectivity index (χ2n) is 2.52. The zero-order valence-electron chi connectivity index (χ0n) is 7.72. The first kappa shape index (κ1) is 13.7.